The van der Waals surface area contributed by atoms with E-state index in [1.807, 2.05) is 49.4 Å². The van der Waals surface area contributed by atoms with Crippen LogP contribution in [0, 0.1) is 6.92 Å². The van der Waals surface area contributed by atoms with Crippen LogP contribution in [0.5, 0.6) is 11.5 Å². The summed E-state index contributed by atoms with van der Waals surface area (Å²) in [6.45, 7) is 1.96. The number of carbonyl (C=O) groups is 1. The van der Waals surface area contributed by atoms with Gasteiger partial charge in [0.2, 0.25) is 11.0 Å². The van der Waals surface area contributed by atoms with Crippen molar-refractivity contribution in [3.63, 3.8) is 0 Å². The topological polar surface area (TPSA) is 78.3 Å². The lowest BCUT2D eigenvalue weighted by Gasteiger charge is -2.25. The Balaban J connectivity index is 1.69. The van der Waals surface area contributed by atoms with Crippen LogP contribution in [-0.4, -0.2) is 34.9 Å². The highest BCUT2D eigenvalue weighted by Crippen LogP contribution is 2.44. The zero-order valence-corrected chi connectivity index (χ0v) is 17.6. The van der Waals surface area contributed by atoms with E-state index in [2.05, 4.69) is 5.32 Å². The average Bonchev–Trinajstić information content (AvgIpc) is 3.33. The molecule has 152 valence electrons. The molecule has 4 aromatic rings. The van der Waals surface area contributed by atoms with E-state index >= 15 is 0 Å². The number of anilines is 1. The van der Waals surface area contributed by atoms with E-state index in [9.17, 15) is 4.79 Å². The Morgan fingerprint density at radius 2 is 2.00 bits per heavy atom. The molecule has 1 unspecified atom stereocenters. The third-order valence-corrected chi connectivity index (χ3v) is 6.39. The number of hydrogen-bond acceptors (Lipinski definition) is 6. The molecule has 0 aliphatic carbocycles. The molecule has 7 nitrogen and oxygen atoms in total. The molecule has 1 aliphatic rings. The highest BCUT2D eigenvalue weighted by atomic mass is 32.1. The van der Waals surface area contributed by atoms with E-state index in [0.29, 0.717) is 18.0 Å². The van der Waals surface area contributed by atoms with E-state index in [-0.39, 0.29) is 11.8 Å². The first-order valence-corrected chi connectivity index (χ1v) is 10.4. The minimum Gasteiger partial charge on any atom is -0.497 e. The number of aryl methyl sites for hydroxylation is 1. The van der Waals surface area contributed by atoms with E-state index < -0.39 is 0 Å². The van der Waals surface area contributed by atoms with Gasteiger partial charge in [0.25, 0.3) is 0 Å². The number of thiazole rings is 1. The van der Waals surface area contributed by atoms with Crippen LogP contribution >= 0.6 is 11.3 Å². The molecule has 5 rings (SSSR count). The number of carbonyl (C=O) groups excluding carboxylic acids is 1. The Morgan fingerprint density at radius 3 is 2.77 bits per heavy atom. The second-order valence-electron chi connectivity index (χ2n) is 7.14. The van der Waals surface area contributed by atoms with Crippen LogP contribution in [0.4, 0.5) is 5.82 Å². The summed E-state index contributed by atoms with van der Waals surface area (Å²) in [6, 6.07) is 13.6. The van der Waals surface area contributed by atoms with E-state index in [0.717, 1.165) is 37.9 Å². The molecule has 0 fully saturated rings. The molecule has 0 spiro atoms. The van der Waals surface area contributed by atoms with Gasteiger partial charge in [0.15, 0.2) is 0 Å². The van der Waals surface area contributed by atoms with Gasteiger partial charge in [-0.25, -0.2) is 4.98 Å². The van der Waals surface area contributed by atoms with Gasteiger partial charge in [-0.3, -0.25) is 4.79 Å². The number of fused-ring (bicyclic) bond motifs is 2. The predicted octanol–water partition coefficient (Wildman–Crippen LogP) is 4.28. The Kier molecular flexibility index (Phi) is 4.43. The van der Waals surface area contributed by atoms with Gasteiger partial charge in [0, 0.05) is 23.5 Å². The molecule has 0 saturated carbocycles. The van der Waals surface area contributed by atoms with Crippen LogP contribution in [0.1, 0.15) is 29.2 Å². The van der Waals surface area contributed by atoms with Crippen molar-refractivity contribution in [2.24, 2.45) is 0 Å². The van der Waals surface area contributed by atoms with Crippen molar-refractivity contribution in [2.45, 2.75) is 19.3 Å². The molecule has 0 radical (unpaired) electrons. The van der Waals surface area contributed by atoms with Crippen molar-refractivity contribution in [3.05, 3.63) is 59.3 Å². The van der Waals surface area contributed by atoms with Crippen molar-refractivity contribution < 1.29 is 14.3 Å². The van der Waals surface area contributed by atoms with Gasteiger partial charge >= 0.3 is 0 Å². The van der Waals surface area contributed by atoms with Crippen LogP contribution < -0.4 is 14.8 Å². The summed E-state index contributed by atoms with van der Waals surface area (Å²) in [5.41, 5.74) is 3.63. The SMILES string of the molecule is COc1ccc(OC)c(C2CC(=O)Nc3c2c(C)nn3-c2nc3ccccc3s2)c1. The lowest BCUT2D eigenvalue weighted by atomic mass is 9.85. The highest BCUT2D eigenvalue weighted by Gasteiger charge is 2.35. The smallest absolute Gasteiger partial charge is 0.226 e. The normalized spacial score (nSPS) is 15.7. The average molecular weight is 420 g/mol. The van der Waals surface area contributed by atoms with Crippen molar-refractivity contribution in [3.8, 4) is 16.6 Å². The van der Waals surface area contributed by atoms with Gasteiger partial charge in [-0.15, -0.1) is 0 Å². The van der Waals surface area contributed by atoms with Gasteiger partial charge in [-0.05, 0) is 37.3 Å². The molecule has 2 aromatic heterocycles. The van der Waals surface area contributed by atoms with Crippen LogP contribution in [-0.2, 0) is 4.79 Å². The molecule has 1 aliphatic heterocycles. The number of ether oxygens (including phenoxy) is 2. The first-order chi connectivity index (χ1) is 14.6. The van der Waals surface area contributed by atoms with E-state index in [1.165, 1.54) is 0 Å². The Bertz CT molecular complexity index is 1240. The summed E-state index contributed by atoms with van der Waals surface area (Å²) in [4.78, 5) is 17.4. The second-order valence-corrected chi connectivity index (χ2v) is 8.15. The first-order valence-electron chi connectivity index (χ1n) is 9.56. The molecule has 1 amide bonds. The second kappa shape index (κ2) is 7.14. The van der Waals surface area contributed by atoms with Gasteiger partial charge in [0.05, 0.1) is 30.1 Å². The molecule has 0 saturated heterocycles. The molecule has 8 heteroatoms. The number of benzene rings is 2. The molecule has 1 N–H and O–H groups in total. The quantitative estimate of drug-likeness (QED) is 0.533. The maximum Gasteiger partial charge on any atom is 0.226 e. The lowest BCUT2D eigenvalue weighted by Crippen LogP contribution is -2.25. The number of aromatic nitrogens is 3. The predicted molar refractivity (Wildman–Crippen MR) is 116 cm³/mol. The summed E-state index contributed by atoms with van der Waals surface area (Å²) < 4.78 is 13.8. The Labute approximate surface area is 177 Å². The van der Waals surface area contributed by atoms with Gasteiger partial charge in [0.1, 0.15) is 17.3 Å². The van der Waals surface area contributed by atoms with Gasteiger partial charge in [-0.1, -0.05) is 23.5 Å². The van der Waals surface area contributed by atoms with Crippen molar-refractivity contribution in [1.82, 2.24) is 14.8 Å². The number of nitrogens with zero attached hydrogens (tertiary/aromatic N) is 3. The lowest BCUT2D eigenvalue weighted by molar-refractivity contribution is -0.116. The fourth-order valence-electron chi connectivity index (χ4n) is 4.01. The number of hydrogen-bond donors (Lipinski definition) is 1. The van der Waals surface area contributed by atoms with Crippen LogP contribution in [0.2, 0.25) is 0 Å². The fourth-order valence-corrected chi connectivity index (χ4v) is 4.94. The number of amides is 1. The first kappa shape index (κ1) is 18.6. The summed E-state index contributed by atoms with van der Waals surface area (Å²) in [6.07, 6.45) is 0.308. The Morgan fingerprint density at radius 1 is 1.17 bits per heavy atom. The Hall–Kier alpha value is -3.39. The molecular formula is C22H20N4O3S. The minimum absolute atomic E-state index is 0.0698. The third-order valence-electron chi connectivity index (χ3n) is 5.38. The fraction of sp³-hybridized carbons (Fsp3) is 0.227. The number of para-hydroxylation sites is 1. The van der Waals surface area contributed by atoms with E-state index in [4.69, 9.17) is 19.6 Å². The number of rotatable bonds is 4. The maximum absolute atomic E-state index is 12.7. The third kappa shape index (κ3) is 2.91. The number of methoxy groups -OCH3 is 2. The zero-order valence-electron chi connectivity index (χ0n) is 16.8. The summed E-state index contributed by atoms with van der Waals surface area (Å²) in [7, 11) is 3.26. The van der Waals surface area contributed by atoms with Crippen LogP contribution in [0.15, 0.2) is 42.5 Å². The zero-order chi connectivity index (χ0) is 20.8. The highest BCUT2D eigenvalue weighted by molar-refractivity contribution is 7.20. The minimum atomic E-state index is -0.193. The molecular weight excluding hydrogens is 400 g/mol. The van der Waals surface area contributed by atoms with Crippen molar-refractivity contribution in [2.75, 3.05) is 19.5 Å². The van der Waals surface area contributed by atoms with Crippen molar-refractivity contribution in [1.29, 1.82) is 0 Å². The summed E-state index contributed by atoms with van der Waals surface area (Å²) in [5, 5.41) is 8.48. The van der Waals surface area contributed by atoms with Crippen LogP contribution in [0.3, 0.4) is 0 Å². The largest absolute Gasteiger partial charge is 0.497 e. The molecule has 2 aromatic carbocycles. The molecule has 3 heterocycles. The summed E-state index contributed by atoms with van der Waals surface area (Å²) >= 11 is 1.54. The molecule has 1 atom stereocenters. The van der Waals surface area contributed by atoms with Crippen LogP contribution in [0.25, 0.3) is 15.3 Å². The maximum atomic E-state index is 12.7. The summed E-state index contributed by atoms with van der Waals surface area (Å²) in [5.74, 6) is 1.84. The van der Waals surface area contributed by atoms with Gasteiger partial charge in [-0.2, -0.15) is 9.78 Å². The van der Waals surface area contributed by atoms with Gasteiger partial charge < -0.3 is 14.8 Å². The monoisotopic (exact) mass is 420 g/mol. The molecule has 30 heavy (non-hydrogen) atoms. The van der Waals surface area contributed by atoms with E-state index in [1.54, 1.807) is 30.2 Å². The van der Waals surface area contributed by atoms with Crippen molar-refractivity contribution >= 4 is 33.3 Å². The molecule has 0 bridgehead atoms. The standard InChI is InChI=1S/C22H20N4O3S/c1-12-20-15(14-10-13(28-2)8-9-17(14)29-3)11-19(27)24-21(20)26(25-12)22-23-16-6-4-5-7-18(16)30-22/h4-10,15H,11H2,1-3H3,(H,24,27). The number of nitrogens with one attached hydrogen (secondary N) is 1.